The van der Waals surface area contributed by atoms with Crippen LogP contribution in [0.1, 0.15) is 35.1 Å². The molecule has 0 bridgehead atoms. The van der Waals surface area contributed by atoms with Crippen molar-refractivity contribution in [2.24, 2.45) is 0 Å². The largest absolute Gasteiger partial charge is 0.0877 e. The van der Waals surface area contributed by atoms with Crippen molar-refractivity contribution in [2.45, 2.75) is 59.1 Å². The van der Waals surface area contributed by atoms with Crippen molar-refractivity contribution in [3.8, 4) is 0 Å². The molecule has 0 spiro atoms. The molecule has 0 radical (unpaired) electrons. The van der Waals surface area contributed by atoms with Gasteiger partial charge in [0.15, 0.2) is 0 Å². The van der Waals surface area contributed by atoms with E-state index in [0.717, 1.165) is 0 Å². The summed E-state index contributed by atoms with van der Waals surface area (Å²) in [7, 11) is 0. The quantitative estimate of drug-likeness (QED) is 0.514. The van der Waals surface area contributed by atoms with E-state index in [0.29, 0.717) is 0 Å². The summed E-state index contributed by atoms with van der Waals surface area (Å²) in [4.78, 5) is 5.88. The predicted octanol–water partition coefficient (Wildman–Crippen LogP) is 5.80. The monoisotopic (exact) mass is 298 g/mol. The average molecular weight is 298 g/mol. The maximum atomic E-state index is 2.47. The van der Waals surface area contributed by atoms with E-state index >= 15 is 0 Å². The second-order valence-electron chi connectivity index (χ2n) is 5.78. The fourth-order valence-corrected chi connectivity index (χ4v) is 5.94. The topological polar surface area (TPSA) is 0 Å². The molecule has 1 heterocycles. The van der Waals surface area contributed by atoms with E-state index in [4.69, 9.17) is 0 Å². The lowest BCUT2D eigenvalue weighted by molar-refractivity contribution is 0.675. The second kappa shape index (κ2) is 4.85. The Morgan fingerprint density at radius 3 is 2.65 bits per heavy atom. The first-order valence-corrected chi connectivity index (χ1v) is 8.98. The van der Waals surface area contributed by atoms with Crippen molar-refractivity contribution in [1.82, 2.24) is 0 Å². The van der Waals surface area contributed by atoms with Crippen molar-refractivity contribution >= 4 is 23.5 Å². The summed E-state index contributed by atoms with van der Waals surface area (Å²) in [5, 5.41) is 0. The molecule has 0 amide bonds. The molecular formula is C18H18S2. The van der Waals surface area contributed by atoms with Crippen LogP contribution in [0.15, 0.2) is 43.8 Å². The number of benzene rings is 2. The van der Waals surface area contributed by atoms with E-state index in [2.05, 4.69) is 38.1 Å². The van der Waals surface area contributed by atoms with Crippen LogP contribution in [0.4, 0.5) is 0 Å². The summed E-state index contributed by atoms with van der Waals surface area (Å²) in [5.41, 5.74) is 6.20. The maximum absolute atomic E-state index is 2.47. The molecule has 4 rings (SSSR count). The van der Waals surface area contributed by atoms with Gasteiger partial charge in [0.1, 0.15) is 0 Å². The normalized spacial score (nSPS) is 16.3. The molecule has 0 saturated carbocycles. The SMILES string of the molecule is Cc1cccc2c1Sc1c(cc3c(c1C)CCCC3)S2. The van der Waals surface area contributed by atoms with Crippen LogP contribution in [0.5, 0.6) is 0 Å². The predicted molar refractivity (Wildman–Crippen MR) is 87.2 cm³/mol. The molecule has 0 saturated heterocycles. The molecule has 2 aromatic carbocycles. The van der Waals surface area contributed by atoms with Gasteiger partial charge in [-0.05, 0) is 73.9 Å². The number of aryl methyl sites for hydroxylation is 2. The lowest BCUT2D eigenvalue weighted by atomic mass is 9.89. The van der Waals surface area contributed by atoms with Crippen LogP contribution in [-0.4, -0.2) is 0 Å². The Balaban J connectivity index is 1.88. The van der Waals surface area contributed by atoms with E-state index in [9.17, 15) is 0 Å². The molecule has 2 heteroatoms. The summed E-state index contributed by atoms with van der Waals surface area (Å²) < 4.78 is 0. The molecule has 0 N–H and O–H groups in total. The Kier molecular flexibility index (Phi) is 3.12. The lowest BCUT2D eigenvalue weighted by Gasteiger charge is -2.27. The first kappa shape index (κ1) is 12.8. The Morgan fingerprint density at radius 1 is 0.900 bits per heavy atom. The molecule has 0 aromatic heterocycles. The zero-order valence-electron chi connectivity index (χ0n) is 12.0. The average Bonchev–Trinajstić information content (AvgIpc) is 2.47. The number of hydrogen-bond donors (Lipinski definition) is 0. The van der Waals surface area contributed by atoms with Crippen molar-refractivity contribution in [3.63, 3.8) is 0 Å². The van der Waals surface area contributed by atoms with E-state index < -0.39 is 0 Å². The summed E-state index contributed by atoms with van der Waals surface area (Å²) >= 11 is 3.95. The first-order chi connectivity index (χ1) is 9.74. The highest BCUT2D eigenvalue weighted by molar-refractivity contribution is 8.05. The summed E-state index contributed by atoms with van der Waals surface area (Å²) in [6, 6.07) is 9.14. The zero-order chi connectivity index (χ0) is 13.7. The van der Waals surface area contributed by atoms with Gasteiger partial charge in [0, 0.05) is 19.6 Å². The third-order valence-electron chi connectivity index (χ3n) is 4.43. The van der Waals surface area contributed by atoms with Crippen LogP contribution in [-0.2, 0) is 12.8 Å². The van der Waals surface area contributed by atoms with Crippen LogP contribution < -0.4 is 0 Å². The summed E-state index contributed by atoms with van der Waals surface area (Å²) in [5.74, 6) is 0. The van der Waals surface area contributed by atoms with Gasteiger partial charge in [-0.2, -0.15) is 0 Å². The smallest absolute Gasteiger partial charge is 0.0294 e. The molecule has 0 fully saturated rings. The Hall–Kier alpha value is -0.860. The molecule has 1 aliphatic heterocycles. The van der Waals surface area contributed by atoms with Gasteiger partial charge in [-0.1, -0.05) is 35.7 Å². The highest BCUT2D eigenvalue weighted by Gasteiger charge is 2.24. The van der Waals surface area contributed by atoms with Crippen molar-refractivity contribution < 1.29 is 0 Å². The minimum absolute atomic E-state index is 1.27. The Bertz CT molecular complexity index is 701. The third kappa shape index (κ3) is 1.93. The molecule has 2 aliphatic rings. The fourth-order valence-electron chi connectivity index (χ4n) is 3.32. The minimum Gasteiger partial charge on any atom is -0.0877 e. The van der Waals surface area contributed by atoms with Crippen molar-refractivity contribution in [1.29, 1.82) is 0 Å². The van der Waals surface area contributed by atoms with Gasteiger partial charge in [-0.15, -0.1) is 0 Å². The lowest BCUT2D eigenvalue weighted by Crippen LogP contribution is -2.07. The van der Waals surface area contributed by atoms with Crippen LogP contribution in [0, 0.1) is 13.8 Å². The Labute approximate surface area is 129 Å². The van der Waals surface area contributed by atoms with Crippen LogP contribution in [0.25, 0.3) is 0 Å². The van der Waals surface area contributed by atoms with Gasteiger partial charge >= 0.3 is 0 Å². The van der Waals surface area contributed by atoms with E-state index in [-0.39, 0.29) is 0 Å². The number of hydrogen-bond acceptors (Lipinski definition) is 2. The van der Waals surface area contributed by atoms with Gasteiger partial charge < -0.3 is 0 Å². The van der Waals surface area contributed by atoms with E-state index in [1.54, 1.807) is 16.7 Å². The zero-order valence-corrected chi connectivity index (χ0v) is 13.6. The number of rotatable bonds is 0. The minimum atomic E-state index is 1.27. The van der Waals surface area contributed by atoms with Gasteiger partial charge in [0.2, 0.25) is 0 Å². The van der Waals surface area contributed by atoms with Crippen LogP contribution >= 0.6 is 23.5 Å². The molecule has 0 atom stereocenters. The molecule has 0 unspecified atom stereocenters. The summed E-state index contributed by atoms with van der Waals surface area (Å²) in [6.45, 7) is 4.56. The molecule has 2 aromatic rings. The molecular weight excluding hydrogens is 280 g/mol. The van der Waals surface area contributed by atoms with Crippen molar-refractivity contribution in [3.05, 3.63) is 46.5 Å². The van der Waals surface area contributed by atoms with Crippen LogP contribution in [0.2, 0.25) is 0 Å². The van der Waals surface area contributed by atoms with Gasteiger partial charge in [-0.3, -0.25) is 0 Å². The van der Waals surface area contributed by atoms with Gasteiger partial charge in [0.25, 0.3) is 0 Å². The molecule has 1 aliphatic carbocycles. The van der Waals surface area contributed by atoms with Gasteiger partial charge in [0.05, 0.1) is 0 Å². The van der Waals surface area contributed by atoms with E-state index in [1.165, 1.54) is 50.8 Å². The molecule has 0 nitrogen and oxygen atoms in total. The molecule has 102 valence electrons. The summed E-state index contributed by atoms with van der Waals surface area (Å²) in [6.07, 6.45) is 5.27. The second-order valence-corrected chi connectivity index (χ2v) is 7.88. The first-order valence-electron chi connectivity index (χ1n) is 7.34. The van der Waals surface area contributed by atoms with E-state index in [1.807, 2.05) is 23.5 Å². The highest BCUT2D eigenvalue weighted by Crippen LogP contribution is 2.52. The van der Waals surface area contributed by atoms with Gasteiger partial charge in [-0.25, -0.2) is 0 Å². The van der Waals surface area contributed by atoms with Crippen molar-refractivity contribution in [2.75, 3.05) is 0 Å². The highest BCUT2D eigenvalue weighted by atomic mass is 32.2. The number of fused-ring (bicyclic) bond motifs is 3. The van der Waals surface area contributed by atoms with Crippen LogP contribution in [0.3, 0.4) is 0 Å². The maximum Gasteiger partial charge on any atom is 0.0294 e. The third-order valence-corrected chi connectivity index (χ3v) is 7.27. The standard InChI is InChI=1S/C18H18S2/c1-11-6-5-9-15-17(11)20-18-12(2)14-8-4-3-7-13(14)10-16(18)19-15/h5-6,9-10H,3-4,7-8H2,1-2H3. The Morgan fingerprint density at radius 2 is 1.75 bits per heavy atom. The fraction of sp³-hybridized carbons (Fsp3) is 0.333. The molecule has 20 heavy (non-hydrogen) atoms.